The van der Waals surface area contributed by atoms with Crippen LogP contribution in [0.2, 0.25) is 10.0 Å². The van der Waals surface area contributed by atoms with Gasteiger partial charge < -0.3 is 9.84 Å². The number of amides is 1. The maximum Gasteiger partial charge on any atom is 0.303 e. The fraction of sp³-hybridized carbons (Fsp3) is 0.219. The van der Waals surface area contributed by atoms with Crippen molar-refractivity contribution in [2.75, 3.05) is 14.2 Å². The molecule has 1 aromatic heterocycles. The van der Waals surface area contributed by atoms with Crippen LogP contribution in [0.1, 0.15) is 41.7 Å². The van der Waals surface area contributed by atoms with E-state index in [9.17, 15) is 24.4 Å². The number of hydrogen-bond acceptors (Lipinski definition) is 7. The highest BCUT2D eigenvalue weighted by molar-refractivity contribution is 6.31. The number of Topliss-reactive ketones (excluding diaryl/α,β-unsaturated/α-hetero) is 2. The highest BCUT2D eigenvalue weighted by atomic mass is 35.5. The first-order valence-electron chi connectivity index (χ1n) is 13.4. The molecule has 10 nitrogen and oxygen atoms in total. The fourth-order valence-corrected chi connectivity index (χ4v) is 4.20. The van der Waals surface area contributed by atoms with Gasteiger partial charge in [0.2, 0.25) is 5.91 Å². The van der Waals surface area contributed by atoms with Gasteiger partial charge in [0.25, 0.3) is 0 Å². The van der Waals surface area contributed by atoms with E-state index in [1.807, 2.05) is 59.3 Å². The molecule has 0 saturated carbocycles. The Kier molecular flexibility index (Phi) is 12.6. The summed E-state index contributed by atoms with van der Waals surface area (Å²) >= 11 is 11.7. The van der Waals surface area contributed by atoms with Crippen molar-refractivity contribution in [1.82, 2.24) is 14.8 Å². The molecular weight excluding hydrogens is 609 g/mol. The summed E-state index contributed by atoms with van der Waals surface area (Å²) in [7, 11) is 2.94. The molecule has 0 fully saturated rings. The molecule has 0 aliphatic carbocycles. The Morgan fingerprint density at radius 1 is 0.864 bits per heavy atom. The molecule has 0 aliphatic rings. The number of ketones is 2. The van der Waals surface area contributed by atoms with Gasteiger partial charge in [0.05, 0.1) is 37.0 Å². The van der Waals surface area contributed by atoms with Crippen LogP contribution in [0.5, 0.6) is 5.75 Å². The molecule has 0 aliphatic heterocycles. The smallest absolute Gasteiger partial charge is 0.303 e. The Hall–Kier alpha value is -4.51. The van der Waals surface area contributed by atoms with Gasteiger partial charge in [0, 0.05) is 47.5 Å². The number of halogens is 2. The number of methoxy groups -OCH3 is 1. The minimum absolute atomic E-state index is 0.116. The maximum atomic E-state index is 11.7. The van der Waals surface area contributed by atoms with E-state index in [-0.39, 0.29) is 43.2 Å². The zero-order valence-corrected chi connectivity index (χ0v) is 25.6. The highest BCUT2D eigenvalue weighted by Crippen LogP contribution is 2.27. The number of hydrogen-bond donors (Lipinski definition) is 2. The third-order valence-electron chi connectivity index (χ3n) is 6.31. The molecule has 1 amide bonds. The number of hydroxylamine groups is 2. The molecule has 230 valence electrons. The molecule has 0 spiro atoms. The monoisotopic (exact) mass is 639 g/mol. The number of carboxylic acid groups (broad SMARTS) is 1. The molecular formula is C32H31Cl2N3O7. The van der Waals surface area contributed by atoms with Crippen LogP contribution in [0.25, 0.3) is 16.9 Å². The molecule has 3 aromatic carbocycles. The van der Waals surface area contributed by atoms with Crippen LogP contribution in [-0.4, -0.2) is 62.8 Å². The number of carboxylic acids is 1. The Bertz CT molecular complexity index is 1580. The van der Waals surface area contributed by atoms with E-state index in [0.717, 1.165) is 28.4 Å². The second-order valence-corrected chi connectivity index (χ2v) is 10.5. The fourth-order valence-electron chi connectivity index (χ4n) is 3.95. The number of aryl methyl sites for hydroxylation is 1. The van der Waals surface area contributed by atoms with E-state index in [4.69, 9.17) is 33.0 Å². The first-order valence-corrected chi connectivity index (χ1v) is 14.2. The van der Waals surface area contributed by atoms with E-state index in [1.54, 1.807) is 19.2 Å². The van der Waals surface area contributed by atoms with Gasteiger partial charge in [-0.3, -0.25) is 24.4 Å². The van der Waals surface area contributed by atoms with Gasteiger partial charge in [-0.1, -0.05) is 35.3 Å². The second kappa shape index (κ2) is 16.4. The van der Waals surface area contributed by atoms with Gasteiger partial charge >= 0.3 is 5.97 Å². The Morgan fingerprint density at radius 3 is 2.00 bits per heavy atom. The van der Waals surface area contributed by atoms with E-state index in [2.05, 4.69) is 5.10 Å². The standard InChI is InChI=1S/C20H20ClN3O3.C12H11ClO4/c1-23(26)20(25)12-7-16-13-19(14-3-5-15(21)6-4-14)24(22-16)17-8-10-18(27-2)11-9-17;13-9-3-1-8(2-4-9)11(15)7-10(14)5-6-12(16)17/h3-6,8-11,13,26H,7,12H2,1-2H3;1-4H,5-7H2,(H,16,17). The van der Waals surface area contributed by atoms with Crippen LogP contribution >= 0.6 is 23.2 Å². The SMILES string of the molecule is COc1ccc(-n2nc(CCC(=O)N(C)O)cc2-c2ccc(Cl)cc2)cc1.O=C(O)CCC(=O)CC(=O)c1ccc(Cl)cc1. The largest absolute Gasteiger partial charge is 0.497 e. The predicted molar refractivity (Wildman–Crippen MR) is 166 cm³/mol. The van der Waals surface area contributed by atoms with Crippen LogP contribution < -0.4 is 4.74 Å². The molecule has 4 rings (SSSR count). The zero-order chi connectivity index (χ0) is 32.2. The summed E-state index contributed by atoms with van der Waals surface area (Å²) in [6.07, 6.45) is -0.0313. The van der Waals surface area contributed by atoms with Crippen molar-refractivity contribution < 1.29 is 34.2 Å². The topological polar surface area (TPSA) is 139 Å². The third kappa shape index (κ3) is 10.3. The van der Waals surface area contributed by atoms with Crippen LogP contribution in [0.3, 0.4) is 0 Å². The van der Waals surface area contributed by atoms with E-state index in [1.165, 1.54) is 19.2 Å². The first-order chi connectivity index (χ1) is 21.0. The summed E-state index contributed by atoms with van der Waals surface area (Å²) < 4.78 is 7.04. The van der Waals surface area contributed by atoms with E-state index < -0.39 is 5.97 Å². The van der Waals surface area contributed by atoms with Crippen molar-refractivity contribution in [1.29, 1.82) is 0 Å². The summed E-state index contributed by atoms with van der Waals surface area (Å²) in [5, 5.41) is 24.0. The summed E-state index contributed by atoms with van der Waals surface area (Å²) in [6, 6.07) is 23.2. The van der Waals surface area contributed by atoms with Crippen molar-refractivity contribution >= 4 is 46.6 Å². The lowest BCUT2D eigenvalue weighted by atomic mass is 10.0. The average Bonchev–Trinajstić information content (AvgIpc) is 3.44. The summed E-state index contributed by atoms with van der Waals surface area (Å²) in [5.41, 5.74) is 3.87. The Morgan fingerprint density at radius 2 is 1.45 bits per heavy atom. The number of aliphatic carboxylic acids is 1. The Balaban J connectivity index is 0.000000269. The van der Waals surface area contributed by atoms with Crippen molar-refractivity contribution in [2.24, 2.45) is 0 Å². The van der Waals surface area contributed by atoms with Crippen molar-refractivity contribution in [3.05, 3.63) is 100 Å². The summed E-state index contributed by atoms with van der Waals surface area (Å²) in [4.78, 5) is 44.8. The summed E-state index contributed by atoms with van der Waals surface area (Å²) in [6.45, 7) is 0. The molecule has 0 unspecified atom stereocenters. The zero-order valence-electron chi connectivity index (χ0n) is 24.1. The molecule has 1 heterocycles. The molecule has 0 radical (unpaired) electrons. The number of ether oxygens (including phenoxy) is 1. The van der Waals surface area contributed by atoms with Gasteiger partial charge in [-0.05, 0) is 66.7 Å². The van der Waals surface area contributed by atoms with Crippen LogP contribution in [0, 0.1) is 0 Å². The average molecular weight is 641 g/mol. The minimum atomic E-state index is -1.04. The van der Waals surface area contributed by atoms with Crippen LogP contribution in [0.15, 0.2) is 78.9 Å². The van der Waals surface area contributed by atoms with Gasteiger partial charge in [-0.25, -0.2) is 9.75 Å². The molecule has 44 heavy (non-hydrogen) atoms. The van der Waals surface area contributed by atoms with Gasteiger partial charge in [0.15, 0.2) is 5.78 Å². The molecule has 4 aromatic rings. The number of carbonyl (C=O) groups is 4. The third-order valence-corrected chi connectivity index (χ3v) is 6.82. The van der Waals surface area contributed by atoms with Crippen molar-refractivity contribution in [3.63, 3.8) is 0 Å². The minimum Gasteiger partial charge on any atom is -0.497 e. The Labute approximate surface area is 264 Å². The second-order valence-electron chi connectivity index (χ2n) is 9.59. The van der Waals surface area contributed by atoms with Gasteiger partial charge in [0.1, 0.15) is 11.5 Å². The van der Waals surface area contributed by atoms with Crippen molar-refractivity contribution in [3.8, 4) is 22.7 Å². The predicted octanol–water partition coefficient (Wildman–Crippen LogP) is 6.33. The highest BCUT2D eigenvalue weighted by Gasteiger charge is 2.15. The molecule has 2 N–H and O–H groups in total. The number of benzene rings is 3. The lowest BCUT2D eigenvalue weighted by Gasteiger charge is -2.09. The van der Waals surface area contributed by atoms with Gasteiger partial charge in [-0.2, -0.15) is 5.10 Å². The first kappa shape index (κ1) is 34.0. The maximum absolute atomic E-state index is 11.7. The number of rotatable bonds is 12. The summed E-state index contributed by atoms with van der Waals surface area (Å²) in [5.74, 6) is -1.33. The quantitative estimate of drug-likeness (QED) is 0.0793. The lowest BCUT2D eigenvalue weighted by molar-refractivity contribution is -0.159. The lowest BCUT2D eigenvalue weighted by Crippen LogP contribution is -2.22. The van der Waals surface area contributed by atoms with Crippen LogP contribution in [-0.2, 0) is 20.8 Å². The number of aromatic nitrogens is 2. The number of nitrogens with zero attached hydrogens (tertiary/aromatic N) is 3. The molecule has 0 saturated heterocycles. The van der Waals surface area contributed by atoms with Crippen molar-refractivity contribution in [2.45, 2.75) is 32.1 Å². The van der Waals surface area contributed by atoms with E-state index in [0.29, 0.717) is 27.1 Å². The molecule has 0 bridgehead atoms. The van der Waals surface area contributed by atoms with E-state index >= 15 is 0 Å². The van der Waals surface area contributed by atoms with Gasteiger partial charge in [-0.15, -0.1) is 0 Å². The van der Waals surface area contributed by atoms with Crippen LogP contribution in [0.4, 0.5) is 0 Å². The molecule has 12 heteroatoms. The molecule has 0 atom stereocenters. The normalized spacial score (nSPS) is 10.4. The number of carbonyl (C=O) groups excluding carboxylic acids is 3.